The Bertz CT molecular complexity index is 858. The molecule has 1 amide bonds. The van der Waals surface area contributed by atoms with Crippen molar-refractivity contribution in [1.29, 1.82) is 0 Å². The number of aliphatic hydroxyl groups is 1. The van der Waals surface area contributed by atoms with E-state index in [1.807, 2.05) is 61.5 Å². The topological polar surface area (TPSA) is 67.2 Å². The van der Waals surface area contributed by atoms with Gasteiger partial charge in [0, 0.05) is 25.3 Å². The Morgan fingerprint density at radius 3 is 2.62 bits per heavy atom. The highest BCUT2D eigenvalue weighted by atomic mass is 16.3. The van der Waals surface area contributed by atoms with Crippen molar-refractivity contribution < 1.29 is 9.90 Å². The molecule has 0 spiro atoms. The highest BCUT2D eigenvalue weighted by Crippen LogP contribution is 2.18. The van der Waals surface area contributed by atoms with Gasteiger partial charge in [-0.05, 0) is 30.5 Å². The fourth-order valence-electron chi connectivity index (χ4n) is 2.98. The van der Waals surface area contributed by atoms with Crippen LogP contribution in [0.25, 0.3) is 5.69 Å². The first kappa shape index (κ1) is 17.9. The Labute approximate surface area is 153 Å². The number of nitrogens with one attached hydrogen (secondary N) is 1. The third kappa shape index (κ3) is 4.18. The van der Waals surface area contributed by atoms with Crippen LogP contribution in [0, 0.1) is 6.92 Å². The average molecular weight is 349 g/mol. The van der Waals surface area contributed by atoms with Gasteiger partial charge < -0.3 is 10.4 Å². The lowest BCUT2D eigenvalue weighted by atomic mass is 9.96. The van der Waals surface area contributed by atoms with Gasteiger partial charge >= 0.3 is 0 Å². The number of para-hydroxylation sites is 1. The molecule has 2 N–H and O–H groups in total. The van der Waals surface area contributed by atoms with E-state index in [9.17, 15) is 9.90 Å². The molecule has 0 aliphatic rings. The van der Waals surface area contributed by atoms with Crippen molar-refractivity contribution in [2.45, 2.75) is 19.3 Å². The minimum absolute atomic E-state index is 0.0802. The summed E-state index contributed by atoms with van der Waals surface area (Å²) in [6.45, 7) is 2.57. The first-order valence-electron chi connectivity index (χ1n) is 8.73. The molecule has 5 nitrogen and oxygen atoms in total. The van der Waals surface area contributed by atoms with E-state index >= 15 is 0 Å². The summed E-state index contributed by atoms with van der Waals surface area (Å²) < 4.78 is 1.71. The second-order valence-electron chi connectivity index (χ2n) is 6.29. The Hall–Kier alpha value is -2.92. The van der Waals surface area contributed by atoms with Gasteiger partial charge in [-0.1, -0.05) is 48.5 Å². The van der Waals surface area contributed by atoms with E-state index in [1.54, 1.807) is 17.1 Å². The van der Waals surface area contributed by atoms with Crippen molar-refractivity contribution in [2.24, 2.45) is 0 Å². The number of aryl methyl sites for hydroxylation is 1. The van der Waals surface area contributed by atoms with Crippen LogP contribution in [0.5, 0.6) is 0 Å². The number of hydrogen-bond donors (Lipinski definition) is 2. The van der Waals surface area contributed by atoms with E-state index < -0.39 is 0 Å². The maximum atomic E-state index is 12.5. The van der Waals surface area contributed by atoms with Gasteiger partial charge in [-0.15, -0.1) is 0 Å². The summed E-state index contributed by atoms with van der Waals surface area (Å²) in [5, 5.41) is 16.6. The number of hydrogen-bond acceptors (Lipinski definition) is 3. The standard InChI is InChI=1S/C21H23N3O2/c1-16-7-5-6-10-20(16)24-15-19(14-23-24)21(26)22-13-18(11-12-25)17-8-3-2-4-9-17/h2-10,14-15,18,25H,11-13H2,1H3,(H,22,26). The Kier molecular flexibility index (Phi) is 5.81. The summed E-state index contributed by atoms with van der Waals surface area (Å²) in [5.74, 6) is -0.0831. The maximum absolute atomic E-state index is 12.5. The molecular weight excluding hydrogens is 326 g/mol. The third-order valence-corrected chi connectivity index (χ3v) is 4.46. The minimum atomic E-state index is -0.163. The molecule has 3 aromatic rings. The van der Waals surface area contributed by atoms with E-state index in [4.69, 9.17) is 0 Å². The third-order valence-electron chi connectivity index (χ3n) is 4.46. The molecule has 0 saturated heterocycles. The molecule has 0 aliphatic heterocycles. The Balaban J connectivity index is 1.67. The lowest BCUT2D eigenvalue weighted by molar-refractivity contribution is 0.0949. The molecule has 1 heterocycles. The molecule has 134 valence electrons. The SMILES string of the molecule is Cc1ccccc1-n1cc(C(=O)NCC(CCO)c2ccccc2)cn1. The largest absolute Gasteiger partial charge is 0.396 e. The van der Waals surface area contributed by atoms with Crippen molar-refractivity contribution >= 4 is 5.91 Å². The molecule has 0 fully saturated rings. The number of amides is 1. The second-order valence-corrected chi connectivity index (χ2v) is 6.29. The molecule has 0 bridgehead atoms. The lowest BCUT2D eigenvalue weighted by Crippen LogP contribution is -2.28. The molecule has 5 heteroatoms. The van der Waals surface area contributed by atoms with Gasteiger partial charge in [-0.2, -0.15) is 5.10 Å². The molecule has 1 aromatic heterocycles. The Morgan fingerprint density at radius 1 is 1.15 bits per heavy atom. The summed E-state index contributed by atoms with van der Waals surface area (Å²) in [7, 11) is 0. The van der Waals surface area contributed by atoms with Gasteiger partial charge in [-0.25, -0.2) is 4.68 Å². The minimum Gasteiger partial charge on any atom is -0.396 e. The summed E-state index contributed by atoms with van der Waals surface area (Å²) in [6, 6.07) is 17.8. The van der Waals surface area contributed by atoms with Crippen molar-refractivity contribution in [3.05, 3.63) is 83.7 Å². The number of rotatable bonds is 7. The zero-order valence-corrected chi connectivity index (χ0v) is 14.8. The van der Waals surface area contributed by atoms with Crippen LogP contribution in [0.3, 0.4) is 0 Å². The van der Waals surface area contributed by atoms with Gasteiger partial charge in [0.05, 0.1) is 17.4 Å². The van der Waals surface area contributed by atoms with Gasteiger partial charge in [0.1, 0.15) is 0 Å². The van der Waals surface area contributed by atoms with Crippen LogP contribution in [0.4, 0.5) is 0 Å². The molecule has 0 aliphatic carbocycles. The number of benzene rings is 2. The monoisotopic (exact) mass is 349 g/mol. The molecule has 0 saturated carbocycles. The predicted octanol–water partition coefficient (Wildman–Crippen LogP) is 3.08. The second kappa shape index (κ2) is 8.45. The number of carbonyl (C=O) groups excluding carboxylic acids is 1. The van der Waals surface area contributed by atoms with Gasteiger partial charge in [-0.3, -0.25) is 4.79 Å². The van der Waals surface area contributed by atoms with Crippen molar-refractivity contribution in [3.63, 3.8) is 0 Å². The number of aliphatic hydroxyl groups excluding tert-OH is 1. The zero-order valence-electron chi connectivity index (χ0n) is 14.8. The van der Waals surface area contributed by atoms with Gasteiger partial charge in [0.15, 0.2) is 0 Å². The van der Waals surface area contributed by atoms with Crippen molar-refractivity contribution in [1.82, 2.24) is 15.1 Å². The van der Waals surface area contributed by atoms with Crippen LogP contribution in [0.2, 0.25) is 0 Å². The van der Waals surface area contributed by atoms with Crippen LogP contribution in [0.1, 0.15) is 33.8 Å². The molecular formula is C21H23N3O2. The van der Waals surface area contributed by atoms with E-state index in [0.717, 1.165) is 16.8 Å². The van der Waals surface area contributed by atoms with Gasteiger partial charge in [0.2, 0.25) is 0 Å². The van der Waals surface area contributed by atoms with Crippen molar-refractivity contribution in [3.8, 4) is 5.69 Å². The van der Waals surface area contributed by atoms with E-state index in [0.29, 0.717) is 18.5 Å². The average Bonchev–Trinajstić information content (AvgIpc) is 3.16. The molecule has 0 radical (unpaired) electrons. The molecule has 3 rings (SSSR count). The highest BCUT2D eigenvalue weighted by Gasteiger charge is 2.15. The first-order valence-corrected chi connectivity index (χ1v) is 8.73. The fourth-order valence-corrected chi connectivity index (χ4v) is 2.98. The normalized spacial score (nSPS) is 11.9. The fraction of sp³-hybridized carbons (Fsp3) is 0.238. The first-order chi connectivity index (χ1) is 12.7. The van der Waals surface area contributed by atoms with Crippen LogP contribution in [0.15, 0.2) is 67.0 Å². The lowest BCUT2D eigenvalue weighted by Gasteiger charge is -2.16. The van der Waals surface area contributed by atoms with Crippen LogP contribution >= 0.6 is 0 Å². The van der Waals surface area contributed by atoms with E-state index in [-0.39, 0.29) is 18.4 Å². The molecule has 26 heavy (non-hydrogen) atoms. The molecule has 2 aromatic carbocycles. The number of carbonyl (C=O) groups is 1. The van der Waals surface area contributed by atoms with Gasteiger partial charge in [0.25, 0.3) is 5.91 Å². The van der Waals surface area contributed by atoms with Crippen LogP contribution in [-0.2, 0) is 0 Å². The van der Waals surface area contributed by atoms with Crippen LogP contribution < -0.4 is 5.32 Å². The summed E-state index contributed by atoms with van der Waals surface area (Å²) >= 11 is 0. The molecule has 1 atom stereocenters. The van der Waals surface area contributed by atoms with E-state index in [2.05, 4.69) is 10.4 Å². The summed E-state index contributed by atoms with van der Waals surface area (Å²) in [4.78, 5) is 12.5. The zero-order chi connectivity index (χ0) is 18.4. The molecule has 1 unspecified atom stereocenters. The summed E-state index contributed by atoms with van der Waals surface area (Å²) in [6.07, 6.45) is 3.92. The van der Waals surface area contributed by atoms with Crippen molar-refractivity contribution in [2.75, 3.05) is 13.2 Å². The number of nitrogens with zero attached hydrogens (tertiary/aromatic N) is 2. The van der Waals surface area contributed by atoms with Crippen LogP contribution in [-0.4, -0.2) is 33.9 Å². The maximum Gasteiger partial charge on any atom is 0.254 e. The number of aromatic nitrogens is 2. The quantitative estimate of drug-likeness (QED) is 0.689. The predicted molar refractivity (Wildman–Crippen MR) is 102 cm³/mol. The highest BCUT2D eigenvalue weighted by molar-refractivity contribution is 5.93. The summed E-state index contributed by atoms with van der Waals surface area (Å²) in [5.41, 5.74) is 3.67. The Morgan fingerprint density at radius 2 is 1.88 bits per heavy atom. The smallest absolute Gasteiger partial charge is 0.254 e. The van der Waals surface area contributed by atoms with E-state index in [1.165, 1.54) is 0 Å².